The molecular weight excluding hydrogens is 398 g/mol. The van der Waals surface area contributed by atoms with Crippen LogP contribution in [0.4, 0.5) is 5.69 Å². The minimum Gasteiger partial charge on any atom is -0.496 e. The standard InChI is InChI=1S/C19H22BrN3O3/c1-12(19(25)22-16-7-4-13(5-8-16)18(21)24)23(2)11-14-10-15(20)6-9-17(14)26-3/h4-10,12H,11H2,1-3H3,(H2,21,24)(H,22,25)/p+1/t12-/m1/s1. The summed E-state index contributed by atoms with van der Waals surface area (Å²) in [6.45, 7) is 2.50. The molecule has 2 aromatic carbocycles. The molecule has 0 radical (unpaired) electrons. The molecule has 0 saturated carbocycles. The highest BCUT2D eigenvalue weighted by Gasteiger charge is 2.23. The fourth-order valence-corrected chi connectivity index (χ4v) is 2.94. The number of quaternary nitrogens is 1. The Balaban J connectivity index is 2.03. The van der Waals surface area contributed by atoms with Crippen molar-refractivity contribution in [2.45, 2.75) is 19.5 Å². The molecule has 0 spiro atoms. The van der Waals surface area contributed by atoms with Crippen LogP contribution in [0.2, 0.25) is 0 Å². The van der Waals surface area contributed by atoms with Crippen LogP contribution >= 0.6 is 15.9 Å². The van der Waals surface area contributed by atoms with E-state index in [0.717, 1.165) is 20.7 Å². The van der Waals surface area contributed by atoms with Crippen LogP contribution in [0, 0.1) is 0 Å². The van der Waals surface area contributed by atoms with Gasteiger partial charge in [0.15, 0.2) is 6.04 Å². The first-order valence-electron chi connectivity index (χ1n) is 8.17. The number of halogens is 1. The number of anilines is 1. The summed E-state index contributed by atoms with van der Waals surface area (Å²) in [4.78, 5) is 24.6. The lowest BCUT2D eigenvalue weighted by Gasteiger charge is -2.22. The van der Waals surface area contributed by atoms with Crippen LogP contribution in [-0.4, -0.2) is 32.0 Å². The summed E-state index contributed by atoms with van der Waals surface area (Å²) >= 11 is 3.46. The number of ether oxygens (including phenoxy) is 1. The van der Waals surface area contributed by atoms with E-state index in [4.69, 9.17) is 10.5 Å². The van der Waals surface area contributed by atoms with Crippen LogP contribution in [-0.2, 0) is 11.3 Å². The summed E-state index contributed by atoms with van der Waals surface area (Å²) in [6, 6.07) is 12.0. The van der Waals surface area contributed by atoms with Crippen LogP contribution < -0.4 is 20.7 Å². The number of likely N-dealkylation sites (N-methyl/N-ethyl adjacent to an activating group) is 1. The van der Waals surface area contributed by atoms with Crippen LogP contribution in [0.3, 0.4) is 0 Å². The van der Waals surface area contributed by atoms with E-state index in [1.54, 1.807) is 31.4 Å². The highest BCUT2D eigenvalue weighted by Crippen LogP contribution is 2.22. The maximum atomic E-state index is 12.5. The third-order valence-corrected chi connectivity index (χ3v) is 4.77. The molecule has 4 N–H and O–H groups in total. The van der Waals surface area contributed by atoms with Crippen molar-refractivity contribution >= 4 is 33.4 Å². The summed E-state index contributed by atoms with van der Waals surface area (Å²) in [5.74, 6) is 0.189. The number of carbonyl (C=O) groups excluding carboxylic acids is 2. The maximum Gasteiger partial charge on any atom is 0.282 e. The number of hydrogen-bond donors (Lipinski definition) is 3. The topological polar surface area (TPSA) is 85.9 Å². The molecule has 0 heterocycles. The summed E-state index contributed by atoms with van der Waals surface area (Å²) in [5, 5.41) is 2.86. The Bertz CT molecular complexity index is 793. The van der Waals surface area contributed by atoms with Crippen molar-refractivity contribution in [2.24, 2.45) is 5.73 Å². The number of nitrogens with two attached hydrogens (primary N) is 1. The van der Waals surface area contributed by atoms with E-state index in [-0.39, 0.29) is 11.9 Å². The lowest BCUT2D eigenvalue weighted by Crippen LogP contribution is -3.12. The van der Waals surface area contributed by atoms with Gasteiger partial charge in [-0.1, -0.05) is 15.9 Å². The second-order valence-corrected chi connectivity index (χ2v) is 7.05. The first-order valence-corrected chi connectivity index (χ1v) is 8.96. The molecular formula is C19H23BrN3O3+. The van der Waals surface area contributed by atoms with E-state index in [0.29, 0.717) is 17.8 Å². The fraction of sp³-hybridized carbons (Fsp3) is 0.263. The van der Waals surface area contributed by atoms with E-state index in [9.17, 15) is 9.59 Å². The van der Waals surface area contributed by atoms with Crippen LogP contribution in [0.1, 0.15) is 22.8 Å². The maximum absolute atomic E-state index is 12.5. The zero-order valence-electron chi connectivity index (χ0n) is 15.0. The highest BCUT2D eigenvalue weighted by molar-refractivity contribution is 9.10. The third-order valence-electron chi connectivity index (χ3n) is 4.28. The van der Waals surface area contributed by atoms with Gasteiger partial charge in [0.1, 0.15) is 12.3 Å². The van der Waals surface area contributed by atoms with Gasteiger partial charge < -0.3 is 20.7 Å². The van der Waals surface area contributed by atoms with E-state index in [2.05, 4.69) is 21.2 Å². The Labute approximate surface area is 161 Å². The van der Waals surface area contributed by atoms with E-state index in [1.165, 1.54) is 0 Å². The Morgan fingerprint density at radius 1 is 1.23 bits per heavy atom. The van der Waals surface area contributed by atoms with Crippen LogP contribution in [0.25, 0.3) is 0 Å². The second-order valence-electron chi connectivity index (χ2n) is 6.13. The average molecular weight is 421 g/mol. The summed E-state index contributed by atoms with van der Waals surface area (Å²) in [7, 11) is 3.59. The van der Waals surface area contributed by atoms with Crippen molar-refractivity contribution in [1.82, 2.24) is 0 Å². The van der Waals surface area contributed by atoms with Gasteiger partial charge in [0.05, 0.1) is 14.2 Å². The number of primary amides is 1. The molecule has 0 bridgehead atoms. The molecule has 6 nitrogen and oxygen atoms in total. The normalized spacial score (nSPS) is 12.9. The van der Waals surface area contributed by atoms with Crippen molar-refractivity contribution in [1.29, 1.82) is 0 Å². The van der Waals surface area contributed by atoms with Gasteiger partial charge in [-0.05, 0) is 49.4 Å². The fourth-order valence-electron chi connectivity index (χ4n) is 2.53. The molecule has 0 aliphatic heterocycles. The molecule has 0 saturated heterocycles. The largest absolute Gasteiger partial charge is 0.496 e. The molecule has 1 unspecified atom stereocenters. The molecule has 138 valence electrons. The van der Waals surface area contributed by atoms with Crippen molar-refractivity contribution in [2.75, 3.05) is 19.5 Å². The van der Waals surface area contributed by atoms with Crippen molar-refractivity contribution in [3.63, 3.8) is 0 Å². The van der Waals surface area contributed by atoms with Crippen LogP contribution in [0.15, 0.2) is 46.9 Å². The van der Waals surface area contributed by atoms with E-state index in [1.807, 2.05) is 32.2 Å². The van der Waals surface area contributed by atoms with Crippen LogP contribution in [0.5, 0.6) is 5.75 Å². The summed E-state index contributed by atoms with van der Waals surface area (Å²) in [6.07, 6.45) is 0. The first kappa shape index (κ1) is 19.9. The smallest absolute Gasteiger partial charge is 0.282 e. The van der Waals surface area contributed by atoms with Crippen molar-refractivity contribution in [3.8, 4) is 5.75 Å². The van der Waals surface area contributed by atoms with E-state index >= 15 is 0 Å². The van der Waals surface area contributed by atoms with Crippen molar-refractivity contribution < 1.29 is 19.2 Å². The molecule has 0 aliphatic carbocycles. The lowest BCUT2D eigenvalue weighted by atomic mass is 10.1. The number of rotatable bonds is 7. The molecule has 2 aromatic rings. The lowest BCUT2D eigenvalue weighted by molar-refractivity contribution is -0.907. The van der Waals surface area contributed by atoms with Gasteiger partial charge in [-0.2, -0.15) is 0 Å². The third kappa shape index (κ3) is 5.06. The minimum atomic E-state index is -0.497. The molecule has 0 aliphatic rings. The zero-order valence-corrected chi connectivity index (χ0v) is 16.6. The molecule has 2 amide bonds. The van der Waals surface area contributed by atoms with Gasteiger partial charge in [0, 0.05) is 21.3 Å². The quantitative estimate of drug-likeness (QED) is 0.635. The number of methoxy groups -OCH3 is 1. The van der Waals surface area contributed by atoms with Gasteiger partial charge in [0.25, 0.3) is 5.91 Å². The average Bonchev–Trinajstić information content (AvgIpc) is 2.61. The Hall–Kier alpha value is -2.38. The molecule has 26 heavy (non-hydrogen) atoms. The number of hydrogen-bond acceptors (Lipinski definition) is 3. The molecule has 7 heteroatoms. The Morgan fingerprint density at radius 3 is 2.46 bits per heavy atom. The molecule has 2 rings (SSSR count). The Kier molecular flexibility index (Phi) is 6.76. The minimum absolute atomic E-state index is 0.108. The predicted molar refractivity (Wildman–Crippen MR) is 104 cm³/mol. The summed E-state index contributed by atoms with van der Waals surface area (Å²) < 4.78 is 6.36. The zero-order chi connectivity index (χ0) is 19.3. The predicted octanol–water partition coefficient (Wildman–Crippen LogP) is 1.60. The SMILES string of the molecule is COc1ccc(Br)cc1C[NH+](C)[C@H](C)C(=O)Nc1ccc(C(N)=O)cc1. The first-order chi connectivity index (χ1) is 12.3. The van der Waals surface area contributed by atoms with Gasteiger partial charge >= 0.3 is 0 Å². The van der Waals surface area contributed by atoms with Gasteiger partial charge in [0.2, 0.25) is 5.91 Å². The monoisotopic (exact) mass is 420 g/mol. The summed E-state index contributed by atoms with van der Waals surface area (Å²) in [5.41, 5.74) is 7.26. The second kappa shape index (κ2) is 8.82. The van der Waals surface area contributed by atoms with E-state index < -0.39 is 5.91 Å². The molecule has 0 aromatic heterocycles. The number of amides is 2. The number of benzene rings is 2. The Morgan fingerprint density at radius 2 is 1.88 bits per heavy atom. The van der Waals surface area contributed by atoms with Crippen molar-refractivity contribution in [3.05, 3.63) is 58.1 Å². The highest BCUT2D eigenvalue weighted by atomic mass is 79.9. The number of carbonyl (C=O) groups is 2. The molecule has 2 atom stereocenters. The van der Waals surface area contributed by atoms with Gasteiger partial charge in [-0.3, -0.25) is 9.59 Å². The van der Waals surface area contributed by atoms with Gasteiger partial charge in [-0.15, -0.1) is 0 Å². The molecule has 0 fully saturated rings. The van der Waals surface area contributed by atoms with Gasteiger partial charge in [-0.25, -0.2) is 0 Å². The number of nitrogens with one attached hydrogen (secondary N) is 2.